The maximum atomic E-state index is 13.2. The van der Waals surface area contributed by atoms with Gasteiger partial charge in [-0.1, -0.05) is 22.9 Å². The lowest BCUT2D eigenvalue weighted by Crippen LogP contribution is -2.64. The molecule has 1 amide bonds. The second kappa shape index (κ2) is 5.75. The number of alkyl halides is 1. The highest BCUT2D eigenvalue weighted by Gasteiger charge is 2.54. The summed E-state index contributed by atoms with van der Waals surface area (Å²) in [6.45, 7) is 2.12. The van der Waals surface area contributed by atoms with Crippen molar-refractivity contribution in [1.82, 2.24) is 9.88 Å². The first kappa shape index (κ1) is 16.7. The molecule has 4 nitrogen and oxygen atoms in total. The maximum absolute atomic E-state index is 13.2. The number of hydrogen-bond donors (Lipinski definition) is 2. The monoisotopic (exact) mass is 416 g/mol. The van der Waals surface area contributed by atoms with E-state index in [2.05, 4.69) is 32.7 Å². The minimum atomic E-state index is 0.133. The lowest BCUT2D eigenvalue weighted by atomic mass is 9.63. The van der Waals surface area contributed by atoms with Crippen LogP contribution in [-0.4, -0.2) is 37.3 Å². The molecule has 2 aromatic rings. The third kappa shape index (κ3) is 2.58. The van der Waals surface area contributed by atoms with Crippen LogP contribution in [0.2, 0.25) is 0 Å². The number of H-pyrrole nitrogens is 1. The van der Waals surface area contributed by atoms with Crippen molar-refractivity contribution in [2.45, 2.75) is 67.8 Å². The van der Waals surface area contributed by atoms with Crippen LogP contribution in [0.3, 0.4) is 0 Å². The second-order valence-electron chi connectivity index (χ2n) is 8.79. The summed E-state index contributed by atoms with van der Waals surface area (Å²) in [5.41, 5.74) is 2.12. The SMILES string of the molecule is CC(CC(=O)N1C2CC3CC1CC(Br)(C3)C2)c1c[nH]c2ccc(O)cc12. The molecule has 5 heteroatoms. The number of nitrogens with one attached hydrogen (secondary N) is 1. The van der Waals surface area contributed by atoms with Crippen LogP contribution >= 0.6 is 15.9 Å². The van der Waals surface area contributed by atoms with Gasteiger partial charge in [0.05, 0.1) is 0 Å². The van der Waals surface area contributed by atoms with Gasteiger partial charge in [0, 0.05) is 39.9 Å². The van der Waals surface area contributed by atoms with Crippen LogP contribution in [0, 0.1) is 5.92 Å². The largest absolute Gasteiger partial charge is 0.508 e. The van der Waals surface area contributed by atoms with E-state index in [9.17, 15) is 9.90 Å². The zero-order valence-corrected chi connectivity index (χ0v) is 16.6. The van der Waals surface area contributed by atoms with Crippen LogP contribution in [0.15, 0.2) is 24.4 Å². The lowest BCUT2D eigenvalue weighted by Gasteiger charge is -2.60. The van der Waals surface area contributed by atoms with Crippen LogP contribution in [0.4, 0.5) is 0 Å². The van der Waals surface area contributed by atoms with E-state index in [0.29, 0.717) is 28.7 Å². The van der Waals surface area contributed by atoms with Crippen molar-refractivity contribution in [3.63, 3.8) is 0 Å². The molecule has 26 heavy (non-hydrogen) atoms. The number of halogens is 1. The Labute approximate surface area is 162 Å². The van der Waals surface area contributed by atoms with E-state index >= 15 is 0 Å². The Kier molecular flexibility index (Phi) is 3.69. The van der Waals surface area contributed by atoms with E-state index in [4.69, 9.17) is 0 Å². The van der Waals surface area contributed by atoms with Gasteiger partial charge in [-0.15, -0.1) is 0 Å². The Balaban J connectivity index is 1.36. The molecule has 3 heterocycles. The minimum absolute atomic E-state index is 0.133. The fourth-order valence-electron chi connectivity index (χ4n) is 5.96. The summed E-state index contributed by atoms with van der Waals surface area (Å²) < 4.78 is 0.292. The summed E-state index contributed by atoms with van der Waals surface area (Å²) in [5.74, 6) is 1.50. The highest BCUT2D eigenvalue weighted by Crippen LogP contribution is 2.55. The molecule has 4 bridgehead atoms. The van der Waals surface area contributed by atoms with Crippen molar-refractivity contribution < 1.29 is 9.90 Å². The Morgan fingerprint density at radius 3 is 2.77 bits per heavy atom. The molecule has 6 rings (SSSR count). The maximum Gasteiger partial charge on any atom is 0.223 e. The Hall–Kier alpha value is -1.49. The molecule has 3 unspecified atom stereocenters. The van der Waals surface area contributed by atoms with Crippen LogP contribution in [0.1, 0.15) is 56.9 Å². The first-order valence-corrected chi connectivity index (χ1v) is 10.5. The standard InChI is InChI=1S/C21H25BrN2O2/c1-12(18-11-23-19-3-2-16(25)7-17(18)19)4-20(26)24-14-5-13-6-15(24)10-21(22,8-13)9-14/h2-3,7,11-15,23,25H,4-6,8-10H2,1H3. The number of phenolic OH excluding ortho intramolecular Hbond substituents is 1. The number of phenols is 1. The number of nitrogens with zero attached hydrogens (tertiary/aromatic N) is 1. The number of aromatic nitrogens is 1. The zero-order valence-electron chi connectivity index (χ0n) is 15.0. The Morgan fingerprint density at radius 1 is 1.35 bits per heavy atom. The summed E-state index contributed by atoms with van der Waals surface area (Å²) >= 11 is 3.98. The highest BCUT2D eigenvalue weighted by atomic mass is 79.9. The van der Waals surface area contributed by atoms with Gasteiger partial charge in [0.25, 0.3) is 0 Å². The zero-order chi connectivity index (χ0) is 18.1. The van der Waals surface area contributed by atoms with Crippen molar-refractivity contribution in [1.29, 1.82) is 0 Å². The van der Waals surface area contributed by atoms with Crippen molar-refractivity contribution in [3.05, 3.63) is 30.0 Å². The van der Waals surface area contributed by atoms with E-state index in [-0.39, 0.29) is 11.7 Å². The van der Waals surface area contributed by atoms with E-state index in [1.165, 1.54) is 19.3 Å². The van der Waals surface area contributed by atoms with Crippen molar-refractivity contribution in [2.24, 2.45) is 5.92 Å². The van der Waals surface area contributed by atoms with Crippen LogP contribution in [0.5, 0.6) is 5.75 Å². The average molecular weight is 417 g/mol. The average Bonchev–Trinajstić information content (AvgIpc) is 2.95. The van der Waals surface area contributed by atoms with Crippen LogP contribution in [0.25, 0.3) is 10.9 Å². The normalized spacial score (nSPS) is 33.8. The van der Waals surface area contributed by atoms with Gasteiger partial charge >= 0.3 is 0 Å². The fourth-order valence-corrected chi connectivity index (χ4v) is 7.16. The molecule has 4 aliphatic rings. The third-order valence-electron chi connectivity index (χ3n) is 6.85. The summed E-state index contributed by atoms with van der Waals surface area (Å²) in [7, 11) is 0. The summed E-state index contributed by atoms with van der Waals surface area (Å²) in [5, 5.41) is 10.8. The van der Waals surface area contributed by atoms with E-state index in [1.54, 1.807) is 12.1 Å². The molecular formula is C21H25BrN2O2. The Bertz CT molecular complexity index is 860. The predicted molar refractivity (Wildman–Crippen MR) is 106 cm³/mol. The second-order valence-corrected chi connectivity index (χ2v) is 10.5. The lowest BCUT2D eigenvalue weighted by molar-refractivity contribution is -0.147. The number of piperidine rings is 2. The quantitative estimate of drug-likeness (QED) is 0.713. The minimum Gasteiger partial charge on any atom is -0.508 e. The van der Waals surface area contributed by atoms with Gasteiger partial charge in [-0.2, -0.15) is 0 Å². The summed E-state index contributed by atoms with van der Waals surface area (Å²) in [6.07, 6.45) is 8.41. The predicted octanol–water partition coefficient (Wildman–Crippen LogP) is 4.67. The van der Waals surface area contributed by atoms with Crippen LogP contribution in [-0.2, 0) is 4.79 Å². The Morgan fingerprint density at radius 2 is 2.08 bits per heavy atom. The molecule has 3 atom stereocenters. The molecule has 0 spiro atoms. The summed E-state index contributed by atoms with van der Waals surface area (Å²) in [4.78, 5) is 18.7. The molecule has 2 aliphatic heterocycles. The van der Waals surface area contributed by atoms with Gasteiger partial charge < -0.3 is 15.0 Å². The molecule has 1 aromatic heterocycles. The molecule has 4 fully saturated rings. The number of carbonyl (C=O) groups excluding carboxylic acids is 1. The molecule has 2 saturated heterocycles. The van der Waals surface area contributed by atoms with Crippen LogP contribution < -0.4 is 0 Å². The molecule has 0 radical (unpaired) electrons. The summed E-state index contributed by atoms with van der Waals surface area (Å²) in [6, 6.07) is 6.22. The molecule has 2 N–H and O–H groups in total. The first-order valence-electron chi connectivity index (χ1n) is 9.72. The third-order valence-corrected chi connectivity index (χ3v) is 7.82. The molecular weight excluding hydrogens is 392 g/mol. The molecule has 138 valence electrons. The van der Waals surface area contributed by atoms with E-state index in [1.807, 2.05) is 12.3 Å². The number of benzene rings is 1. The molecule has 2 saturated carbocycles. The number of rotatable bonds is 3. The molecule has 2 aliphatic carbocycles. The van der Waals surface area contributed by atoms with Gasteiger partial charge in [-0.3, -0.25) is 4.79 Å². The fraction of sp³-hybridized carbons (Fsp3) is 0.571. The van der Waals surface area contributed by atoms with Gasteiger partial charge in [-0.05, 0) is 67.7 Å². The smallest absolute Gasteiger partial charge is 0.223 e. The van der Waals surface area contributed by atoms with Crippen molar-refractivity contribution >= 4 is 32.7 Å². The van der Waals surface area contributed by atoms with Gasteiger partial charge in [0.15, 0.2) is 0 Å². The van der Waals surface area contributed by atoms with Crippen molar-refractivity contribution in [3.8, 4) is 5.75 Å². The highest BCUT2D eigenvalue weighted by molar-refractivity contribution is 9.10. The van der Waals surface area contributed by atoms with E-state index < -0.39 is 0 Å². The topological polar surface area (TPSA) is 56.3 Å². The number of amides is 1. The number of aromatic hydroxyl groups is 1. The number of fused-ring (bicyclic) bond motifs is 1. The first-order chi connectivity index (χ1) is 12.4. The van der Waals surface area contributed by atoms with Gasteiger partial charge in [0.2, 0.25) is 5.91 Å². The number of aromatic amines is 1. The van der Waals surface area contributed by atoms with Crippen molar-refractivity contribution in [2.75, 3.05) is 0 Å². The van der Waals surface area contributed by atoms with Gasteiger partial charge in [0.1, 0.15) is 5.75 Å². The van der Waals surface area contributed by atoms with E-state index in [0.717, 1.165) is 35.2 Å². The molecule has 1 aromatic carbocycles. The number of hydrogen-bond acceptors (Lipinski definition) is 2. The van der Waals surface area contributed by atoms with Gasteiger partial charge in [-0.25, -0.2) is 0 Å². The number of carbonyl (C=O) groups is 1.